The van der Waals surface area contributed by atoms with E-state index in [0.29, 0.717) is 22.8 Å². The average Bonchev–Trinajstić information content (AvgIpc) is 2.95. The molecule has 3 rings (SSSR count). The highest BCUT2D eigenvalue weighted by Gasteiger charge is 2.10. The summed E-state index contributed by atoms with van der Waals surface area (Å²) < 4.78 is 8.01. The topological polar surface area (TPSA) is 69.9 Å². The van der Waals surface area contributed by atoms with Gasteiger partial charge in [-0.1, -0.05) is 17.8 Å². The number of fused-ring (bicyclic) bond motifs is 1. The minimum Gasteiger partial charge on any atom is -0.481 e. The van der Waals surface area contributed by atoms with E-state index in [0.717, 1.165) is 9.90 Å². The van der Waals surface area contributed by atoms with Gasteiger partial charge in [-0.3, -0.25) is 9.36 Å². The van der Waals surface area contributed by atoms with E-state index in [1.165, 1.54) is 29.4 Å². The van der Waals surface area contributed by atoms with Crippen molar-refractivity contribution in [1.29, 1.82) is 0 Å². The van der Waals surface area contributed by atoms with Crippen molar-refractivity contribution in [3.63, 3.8) is 0 Å². The van der Waals surface area contributed by atoms with Crippen molar-refractivity contribution in [2.24, 2.45) is 0 Å². The van der Waals surface area contributed by atoms with Crippen LogP contribution in [0.25, 0.3) is 10.3 Å². The number of pyridine rings is 1. The van der Waals surface area contributed by atoms with Crippen molar-refractivity contribution in [3.8, 4) is 5.88 Å². The minimum atomic E-state index is -0.0754. The predicted molar refractivity (Wildman–Crippen MR) is 83.3 cm³/mol. The molecule has 0 radical (unpaired) electrons. The summed E-state index contributed by atoms with van der Waals surface area (Å²) in [5.41, 5.74) is 1.35. The number of thiazole rings is 1. The first-order chi connectivity index (χ1) is 10.2. The first-order valence-corrected chi connectivity index (χ1v) is 8.14. The Kier molecular flexibility index (Phi) is 3.89. The van der Waals surface area contributed by atoms with Crippen LogP contribution in [0.15, 0.2) is 33.8 Å². The Morgan fingerprint density at radius 2 is 2.24 bits per heavy atom. The number of hydrogen-bond donors (Lipinski definition) is 0. The van der Waals surface area contributed by atoms with Gasteiger partial charge >= 0.3 is 0 Å². The SMILES string of the molecule is COc1ccc(Cn2cnc3nc(SC)sc3c2=O)cn1. The Bertz CT molecular complexity index is 826. The Balaban J connectivity index is 1.96. The van der Waals surface area contributed by atoms with E-state index in [4.69, 9.17) is 4.74 Å². The fraction of sp³-hybridized carbons (Fsp3) is 0.231. The van der Waals surface area contributed by atoms with E-state index in [1.54, 1.807) is 23.9 Å². The normalized spacial score (nSPS) is 11.0. The van der Waals surface area contributed by atoms with Gasteiger partial charge in [-0.25, -0.2) is 15.0 Å². The maximum atomic E-state index is 12.4. The number of thioether (sulfide) groups is 1. The molecule has 0 saturated carbocycles. The van der Waals surface area contributed by atoms with Crippen LogP contribution in [-0.4, -0.2) is 32.9 Å². The van der Waals surface area contributed by atoms with E-state index in [1.807, 2.05) is 12.3 Å². The molecule has 0 aromatic carbocycles. The summed E-state index contributed by atoms with van der Waals surface area (Å²) in [4.78, 5) is 25.1. The van der Waals surface area contributed by atoms with E-state index in [-0.39, 0.29) is 5.56 Å². The van der Waals surface area contributed by atoms with Crippen LogP contribution in [0.1, 0.15) is 5.56 Å². The van der Waals surface area contributed by atoms with Crippen LogP contribution in [-0.2, 0) is 6.54 Å². The van der Waals surface area contributed by atoms with Crippen molar-refractivity contribution in [3.05, 3.63) is 40.6 Å². The molecule has 21 heavy (non-hydrogen) atoms. The summed E-state index contributed by atoms with van der Waals surface area (Å²) in [6.07, 6.45) is 5.15. The molecule has 0 aliphatic heterocycles. The molecule has 6 nitrogen and oxygen atoms in total. The first-order valence-electron chi connectivity index (χ1n) is 6.10. The summed E-state index contributed by atoms with van der Waals surface area (Å²) in [6.45, 7) is 0.422. The maximum absolute atomic E-state index is 12.4. The van der Waals surface area contributed by atoms with Crippen LogP contribution in [0.2, 0.25) is 0 Å². The smallest absolute Gasteiger partial charge is 0.273 e. The predicted octanol–water partition coefficient (Wildman–Crippen LogP) is 2.03. The zero-order chi connectivity index (χ0) is 14.8. The van der Waals surface area contributed by atoms with Gasteiger partial charge in [0.05, 0.1) is 13.7 Å². The van der Waals surface area contributed by atoms with Crippen molar-refractivity contribution in [1.82, 2.24) is 19.5 Å². The lowest BCUT2D eigenvalue weighted by molar-refractivity contribution is 0.397. The van der Waals surface area contributed by atoms with Crippen molar-refractivity contribution >= 4 is 33.4 Å². The molecular weight excluding hydrogens is 308 g/mol. The summed E-state index contributed by atoms with van der Waals surface area (Å²) >= 11 is 2.89. The summed E-state index contributed by atoms with van der Waals surface area (Å²) in [5, 5.41) is 0. The fourth-order valence-corrected chi connectivity index (χ4v) is 3.31. The molecule has 3 heterocycles. The largest absolute Gasteiger partial charge is 0.481 e. The molecule has 0 fully saturated rings. The van der Waals surface area contributed by atoms with Crippen LogP contribution in [0, 0.1) is 0 Å². The first kappa shape index (κ1) is 14.0. The van der Waals surface area contributed by atoms with Crippen LogP contribution < -0.4 is 10.3 Å². The second-order valence-electron chi connectivity index (χ2n) is 4.22. The minimum absolute atomic E-state index is 0.0754. The van der Waals surface area contributed by atoms with Crippen molar-refractivity contribution < 1.29 is 4.74 Å². The second kappa shape index (κ2) is 5.82. The fourth-order valence-electron chi connectivity index (χ4n) is 1.85. The highest BCUT2D eigenvalue weighted by Crippen LogP contribution is 2.24. The van der Waals surface area contributed by atoms with Crippen molar-refractivity contribution in [2.45, 2.75) is 10.9 Å². The molecule has 0 amide bonds. The monoisotopic (exact) mass is 320 g/mol. The number of rotatable bonds is 4. The molecule has 8 heteroatoms. The Hall–Kier alpha value is -1.93. The maximum Gasteiger partial charge on any atom is 0.273 e. The van der Waals surface area contributed by atoms with Gasteiger partial charge in [0.1, 0.15) is 11.0 Å². The van der Waals surface area contributed by atoms with Gasteiger partial charge in [0, 0.05) is 12.3 Å². The van der Waals surface area contributed by atoms with E-state index in [9.17, 15) is 4.79 Å². The zero-order valence-corrected chi connectivity index (χ0v) is 13.1. The molecule has 0 bridgehead atoms. The molecule has 0 saturated heterocycles. The summed E-state index contributed by atoms with van der Waals surface area (Å²) in [6, 6.07) is 3.65. The molecule has 0 N–H and O–H groups in total. The van der Waals surface area contributed by atoms with Gasteiger partial charge in [0.25, 0.3) is 5.56 Å². The van der Waals surface area contributed by atoms with Gasteiger partial charge in [-0.2, -0.15) is 0 Å². The van der Waals surface area contributed by atoms with Crippen molar-refractivity contribution in [2.75, 3.05) is 13.4 Å². The average molecular weight is 320 g/mol. The third kappa shape index (κ3) is 2.77. The lowest BCUT2D eigenvalue weighted by Gasteiger charge is -2.05. The summed E-state index contributed by atoms with van der Waals surface area (Å²) in [5.74, 6) is 0.548. The van der Waals surface area contributed by atoms with Gasteiger partial charge < -0.3 is 4.74 Å². The lowest BCUT2D eigenvalue weighted by atomic mass is 10.3. The van der Waals surface area contributed by atoms with Crippen LogP contribution in [0.3, 0.4) is 0 Å². The molecule has 0 spiro atoms. The lowest BCUT2D eigenvalue weighted by Crippen LogP contribution is -2.20. The number of nitrogens with zero attached hydrogens (tertiary/aromatic N) is 4. The third-order valence-electron chi connectivity index (χ3n) is 2.90. The molecule has 3 aromatic heterocycles. The van der Waals surface area contributed by atoms with Gasteiger partial charge in [-0.15, -0.1) is 11.3 Å². The molecule has 3 aromatic rings. The van der Waals surface area contributed by atoms with Gasteiger partial charge in [0.15, 0.2) is 9.99 Å². The Labute approximate surface area is 128 Å². The molecule has 108 valence electrons. The van der Waals surface area contributed by atoms with Gasteiger partial charge in [0.2, 0.25) is 5.88 Å². The quantitative estimate of drug-likeness (QED) is 0.685. The van der Waals surface area contributed by atoms with E-state index < -0.39 is 0 Å². The third-order valence-corrected chi connectivity index (χ3v) is 4.92. The number of aromatic nitrogens is 4. The van der Waals surface area contributed by atoms with E-state index >= 15 is 0 Å². The Morgan fingerprint density at radius 3 is 2.90 bits per heavy atom. The standard InChI is InChI=1S/C13H12N4O2S2/c1-19-9-4-3-8(5-14-9)6-17-7-15-11-10(12(17)18)21-13(16-11)20-2/h3-5,7H,6H2,1-2H3. The second-order valence-corrected chi connectivity index (χ2v) is 6.28. The highest BCUT2D eigenvalue weighted by molar-refractivity contribution is 8.00. The molecular formula is C13H12N4O2S2. The summed E-state index contributed by atoms with van der Waals surface area (Å²) in [7, 11) is 1.57. The van der Waals surface area contributed by atoms with E-state index in [2.05, 4.69) is 15.0 Å². The highest BCUT2D eigenvalue weighted by atomic mass is 32.2. The van der Waals surface area contributed by atoms with Gasteiger partial charge in [-0.05, 0) is 11.8 Å². The number of methoxy groups -OCH3 is 1. The van der Waals surface area contributed by atoms with Crippen LogP contribution in [0.4, 0.5) is 0 Å². The Morgan fingerprint density at radius 1 is 1.38 bits per heavy atom. The molecule has 0 aliphatic rings. The number of ether oxygens (including phenoxy) is 1. The van der Waals surface area contributed by atoms with Crippen LogP contribution >= 0.6 is 23.1 Å². The number of hydrogen-bond acceptors (Lipinski definition) is 7. The molecule has 0 aliphatic carbocycles. The molecule has 0 unspecified atom stereocenters. The zero-order valence-electron chi connectivity index (χ0n) is 11.4. The van der Waals surface area contributed by atoms with Crippen LogP contribution in [0.5, 0.6) is 5.88 Å². The molecule has 0 atom stereocenters.